The molecule has 0 saturated heterocycles. The van der Waals surface area contributed by atoms with Gasteiger partial charge in [-0.2, -0.15) is 5.10 Å². The van der Waals surface area contributed by atoms with Crippen LogP contribution in [-0.2, 0) is 4.79 Å². The van der Waals surface area contributed by atoms with E-state index < -0.39 is 0 Å². The standard InChI is InChI=1S/C26H28N4O3S/c1-2-32-23-11-7-6-8-19(23)15-27-30-22(17-34-26(30)28-20-9-4-3-5-10-20)18-12-13-24-21(14-18)29-25(31)16-33-24/h6-8,11-15,17,20H,2-5,9-10,16H2,1H3,(H,29,31). The van der Waals surface area contributed by atoms with Gasteiger partial charge in [0.1, 0.15) is 11.5 Å². The Bertz CT molecular complexity index is 1270. The first-order chi connectivity index (χ1) is 16.7. The summed E-state index contributed by atoms with van der Waals surface area (Å²) in [6.07, 6.45) is 7.80. The number of anilines is 1. The predicted octanol–water partition coefficient (Wildman–Crippen LogP) is 5.06. The SMILES string of the molecule is CCOc1ccccc1C=Nn1c(-c2ccc3c(c2)NC(=O)CO3)csc1=NC1CCCCC1. The number of carbonyl (C=O) groups excluding carboxylic acids is 1. The van der Waals surface area contributed by atoms with Crippen LogP contribution in [0.5, 0.6) is 11.5 Å². The number of amides is 1. The monoisotopic (exact) mass is 476 g/mol. The molecule has 2 aliphatic rings. The van der Waals surface area contributed by atoms with Gasteiger partial charge in [-0.15, -0.1) is 11.3 Å². The summed E-state index contributed by atoms with van der Waals surface area (Å²) in [5.74, 6) is 1.32. The second kappa shape index (κ2) is 10.3. The molecule has 1 amide bonds. The van der Waals surface area contributed by atoms with Crippen molar-refractivity contribution in [3.8, 4) is 22.8 Å². The molecule has 1 fully saturated rings. The largest absolute Gasteiger partial charge is 0.493 e. The third-order valence-electron chi connectivity index (χ3n) is 5.99. The molecular formula is C26H28N4O3S. The zero-order valence-electron chi connectivity index (χ0n) is 19.2. The quantitative estimate of drug-likeness (QED) is 0.505. The molecule has 0 radical (unpaired) electrons. The van der Waals surface area contributed by atoms with Crippen LogP contribution in [0.1, 0.15) is 44.6 Å². The molecule has 1 N–H and O–H groups in total. The van der Waals surface area contributed by atoms with Crippen molar-refractivity contribution in [1.29, 1.82) is 0 Å². The van der Waals surface area contributed by atoms with Gasteiger partial charge in [-0.3, -0.25) is 9.79 Å². The Morgan fingerprint density at radius 2 is 2.06 bits per heavy atom. The summed E-state index contributed by atoms with van der Waals surface area (Å²) in [5, 5.41) is 9.82. The zero-order valence-corrected chi connectivity index (χ0v) is 20.0. The maximum atomic E-state index is 11.8. The van der Waals surface area contributed by atoms with E-state index in [1.807, 2.05) is 60.3 Å². The fraction of sp³-hybridized carbons (Fsp3) is 0.346. The number of rotatable bonds is 6. The van der Waals surface area contributed by atoms with Crippen molar-refractivity contribution in [3.63, 3.8) is 0 Å². The molecule has 176 valence electrons. The number of benzene rings is 2. The van der Waals surface area contributed by atoms with Gasteiger partial charge < -0.3 is 14.8 Å². The fourth-order valence-electron chi connectivity index (χ4n) is 4.30. The summed E-state index contributed by atoms with van der Waals surface area (Å²) in [6.45, 7) is 2.60. The molecule has 3 aromatic rings. The lowest BCUT2D eigenvalue weighted by molar-refractivity contribution is -0.118. The van der Waals surface area contributed by atoms with Crippen LogP contribution in [0.25, 0.3) is 11.3 Å². The van der Waals surface area contributed by atoms with E-state index >= 15 is 0 Å². The number of aromatic nitrogens is 1. The molecule has 5 rings (SSSR count). The molecular weight excluding hydrogens is 448 g/mol. The summed E-state index contributed by atoms with van der Waals surface area (Å²) < 4.78 is 13.2. The first kappa shape index (κ1) is 22.4. The van der Waals surface area contributed by atoms with Crippen LogP contribution in [0.2, 0.25) is 0 Å². The van der Waals surface area contributed by atoms with Crippen LogP contribution in [0.3, 0.4) is 0 Å². The number of nitrogens with zero attached hydrogens (tertiary/aromatic N) is 3. The van der Waals surface area contributed by atoms with Gasteiger partial charge in [0.05, 0.1) is 30.2 Å². The van der Waals surface area contributed by atoms with E-state index in [4.69, 9.17) is 19.6 Å². The van der Waals surface area contributed by atoms with Gasteiger partial charge >= 0.3 is 0 Å². The molecule has 2 aromatic carbocycles. The number of fused-ring (bicyclic) bond motifs is 1. The number of para-hydroxylation sites is 1. The summed E-state index contributed by atoms with van der Waals surface area (Å²) in [4.78, 5) is 17.8. The van der Waals surface area contributed by atoms with Gasteiger partial charge in [-0.05, 0) is 50.1 Å². The number of hydrogen-bond acceptors (Lipinski definition) is 6. The van der Waals surface area contributed by atoms with Gasteiger partial charge in [0.15, 0.2) is 6.61 Å². The Balaban J connectivity index is 1.57. The molecule has 34 heavy (non-hydrogen) atoms. The number of thiazole rings is 1. The molecule has 1 aromatic heterocycles. The van der Waals surface area contributed by atoms with Gasteiger partial charge in [-0.1, -0.05) is 31.4 Å². The van der Waals surface area contributed by atoms with Crippen LogP contribution < -0.4 is 19.6 Å². The Kier molecular flexibility index (Phi) is 6.76. The van der Waals surface area contributed by atoms with Crippen LogP contribution in [0, 0.1) is 0 Å². The van der Waals surface area contributed by atoms with Gasteiger partial charge in [0, 0.05) is 16.5 Å². The third-order valence-corrected chi connectivity index (χ3v) is 6.82. The van der Waals surface area contributed by atoms with E-state index in [0.29, 0.717) is 24.1 Å². The lowest BCUT2D eigenvalue weighted by atomic mass is 9.96. The van der Waals surface area contributed by atoms with Gasteiger partial charge in [0.2, 0.25) is 4.80 Å². The van der Waals surface area contributed by atoms with Crippen LogP contribution in [-0.4, -0.2) is 36.1 Å². The highest BCUT2D eigenvalue weighted by atomic mass is 32.1. The maximum absolute atomic E-state index is 11.8. The Labute approximate surface area is 202 Å². The molecule has 8 heteroatoms. The second-order valence-electron chi connectivity index (χ2n) is 8.40. The summed E-state index contributed by atoms with van der Waals surface area (Å²) >= 11 is 1.58. The Morgan fingerprint density at radius 3 is 2.91 bits per heavy atom. The normalized spacial score (nSPS) is 16.9. The van der Waals surface area contributed by atoms with E-state index in [0.717, 1.165) is 40.2 Å². The Hall–Kier alpha value is -3.39. The first-order valence-corrected chi connectivity index (χ1v) is 12.7. The average molecular weight is 477 g/mol. The molecule has 0 unspecified atom stereocenters. The zero-order chi connectivity index (χ0) is 23.3. The maximum Gasteiger partial charge on any atom is 0.262 e. The molecule has 1 saturated carbocycles. The van der Waals surface area contributed by atoms with Crippen molar-refractivity contribution in [3.05, 3.63) is 58.2 Å². The van der Waals surface area contributed by atoms with Crippen molar-refractivity contribution in [1.82, 2.24) is 4.68 Å². The fourth-order valence-corrected chi connectivity index (χ4v) is 5.21. The summed E-state index contributed by atoms with van der Waals surface area (Å²) in [7, 11) is 0. The lowest BCUT2D eigenvalue weighted by Gasteiger charge is -2.18. The second-order valence-corrected chi connectivity index (χ2v) is 9.24. The van der Waals surface area contributed by atoms with Crippen LogP contribution in [0.15, 0.2) is 57.9 Å². The minimum absolute atomic E-state index is 0.0404. The number of ether oxygens (including phenoxy) is 2. The first-order valence-electron chi connectivity index (χ1n) is 11.8. The summed E-state index contributed by atoms with van der Waals surface area (Å²) in [5.41, 5.74) is 3.42. The van der Waals surface area contributed by atoms with E-state index in [1.165, 1.54) is 19.3 Å². The highest BCUT2D eigenvalue weighted by Gasteiger charge is 2.18. The van der Waals surface area contributed by atoms with E-state index in [9.17, 15) is 4.79 Å². The van der Waals surface area contributed by atoms with Crippen LogP contribution >= 0.6 is 11.3 Å². The highest BCUT2D eigenvalue weighted by Crippen LogP contribution is 2.33. The predicted molar refractivity (Wildman–Crippen MR) is 135 cm³/mol. The molecule has 0 bridgehead atoms. The molecule has 0 spiro atoms. The van der Waals surface area contributed by atoms with Gasteiger partial charge in [-0.25, -0.2) is 4.68 Å². The van der Waals surface area contributed by atoms with Crippen LogP contribution in [0.4, 0.5) is 5.69 Å². The van der Waals surface area contributed by atoms with Crippen molar-refractivity contribution in [2.45, 2.75) is 45.1 Å². The summed E-state index contributed by atoms with van der Waals surface area (Å²) in [6, 6.07) is 14.0. The Morgan fingerprint density at radius 1 is 1.21 bits per heavy atom. The van der Waals surface area contributed by atoms with E-state index in [-0.39, 0.29) is 12.5 Å². The van der Waals surface area contributed by atoms with Crippen molar-refractivity contribution < 1.29 is 14.3 Å². The lowest BCUT2D eigenvalue weighted by Crippen LogP contribution is -2.25. The van der Waals surface area contributed by atoms with Crippen molar-refractivity contribution in [2.75, 3.05) is 18.5 Å². The van der Waals surface area contributed by atoms with Crippen molar-refractivity contribution >= 4 is 29.1 Å². The third kappa shape index (κ3) is 4.92. The minimum atomic E-state index is -0.151. The smallest absolute Gasteiger partial charge is 0.262 e. The molecule has 2 heterocycles. The van der Waals surface area contributed by atoms with Crippen molar-refractivity contribution in [2.24, 2.45) is 10.1 Å². The minimum Gasteiger partial charge on any atom is -0.493 e. The average Bonchev–Trinajstić information content (AvgIpc) is 3.26. The highest BCUT2D eigenvalue weighted by molar-refractivity contribution is 7.07. The topological polar surface area (TPSA) is 77.2 Å². The van der Waals surface area contributed by atoms with E-state index in [2.05, 4.69) is 10.7 Å². The number of nitrogens with one attached hydrogen (secondary N) is 1. The number of carbonyl (C=O) groups is 1. The van der Waals surface area contributed by atoms with E-state index in [1.54, 1.807) is 11.3 Å². The van der Waals surface area contributed by atoms with Gasteiger partial charge in [0.25, 0.3) is 5.91 Å². The molecule has 7 nitrogen and oxygen atoms in total. The molecule has 1 aliphatic carbocycles. The molecule has 0 atom stereocenters. The number of hydrogen-bond donors (Lipinski definition) is 1. The molecule has 1 aliphatic heterocycles.